The number of hydrogen-bond donors (Lipinski definition) is 2. The van der Waals surface area contributed by atoms with E-state index in [1.54, 1.807) is 23.0 Å². The number of nitrogens with zero attached hydrogens (tertiary/aromatic N) is 4. The Morgan fingerprint density at radius 1 is 1.11 bits per heavy atom. The second-order valence-electron chi connectivity index (χ2n) is 7.09. The van der Waals surface area contributed by atoms with E-state index in [1.807, 2.05) is 30.5 Å². The van der Waals surface area contributed by atoms with E-state index in [4.69, 9.17) is 4.74 Å². The van der Waals surface area contributed by atoms with E-state index in [1.165, 1.54) is 0 Å². The van der Waals surface area contributed by atoms with Gasteiger partial charge in [0.1, 0.15) is 11.9 Å². The summed E-state index contributed by atoms with van der Waals surface area (Å²) in [6.07, 6.45) is 5.55. The predicted molar refractivity (Wildman–Crippen MR) is 102 cm³/mol. The van der Waals surface area contributed by atoms with Gasteiger partial charge in [-0.25, -0.2) is 4.68 Å². The Kier molecular flexibility index (Phi) is 4.77. The smallest absolute Gasteiger partial charge is 0.233 e. The molecule has 1 aliphatic heterocycles. The Balaban J connectivity index is 1.49. The van der Waals surface area contributed by atoms with Gasteiger partial charge in [-0.2, -0.15) is 5.10 Å². The first-order valence-electron chi connectivity index (χ1n) is 9.18. The van der Waals surface area contributed by atoms with Crippen LogP contribution in [0.3, 0.4) is 0 Å². The zero-order chi connectivity index (χ0) is 18.8. The van der Waals surface area contributed by atoms with E-state index in [9.17, 15) is 5.11 Å². The van der Waals surface area contributed by atoms with Crippen LogP contribution in [0.15, 0.2) is 48.8 Å². The lowest BCUT2D eigenvalue weighted by Gasteiger charge is -2.32. The molecular formula is C20H23N5O2. The highest BCUT2D eigenvalue weighted by atomic mass is 16.5. The number of phenolic OH excluding ortho intramolecular Hbond substituents is 1. The van der Waals surface area contributed by atoms with Crippen LogP contribution in [-0.4, -0.2) is 43.3 Å². The first kappa shape index (κ1) is 17.5. The molecule has 2 atom stereocenters. The maximum absolute atomic E-state index is 10.4. The second kappa shape index (κ2) is 7.36. The summed E-state index contributed by atoms with van der Waals surface area (Å²) in [5.74, 6) is 0.643. The normalized spacial score (nSPS) is 22.5. The minimum Gasteiger partial charge on any atom is -0.507 e. The number of phenols is 1. The molecule has 0 amide bonds. The molecular weight excluding hydrogens is 342 g/mol. The van der Waals surface area contributed by atoms with Crippen molar-refractivity contribution in [2.45, 2.75) is 44.9 Å². The molecule has 1 aromatic carbocycles. The molecule has 140 valence electrons. The van der Waals surface area contributed by atoms with E-state index in [2.05, 4.69) is 34.5 Å². The molecule has 0 saturated carbocycles. The number of benzene rings is 1. The molecule has 1 fully saturated rings. The van der Waals surface area contributed by atoms with Gasteiger partial charge in [0.25, 0.3) is 0 Å². The van der Waals surface area contributed by atoms with Crippen molar-refractivity contribution in [3.8, 4) is 28.6 Å². The van der Waals surface area contributed by atoms with Crippen molar-refractivity contribution in [2.24, 2.45) is 0 Å². The fourth-order valence-corrected chi connectivity index (χ4v) is 3.60. The van der Waals surface area contributed by atoms with Crippen LogP contribution in [-0.2, 0) is 0 Å². The number of ether oxygens (including phenoxy) is 1. The molecule has 0 aliphatic carbocycles. The lowest BCUT2D eigenvalue weighted by atomic mass is 9.98. The Hall–Kier alpha value is -2.93. The van der Waals surface area contributed by atoms with Crippen LogP contribution in [0, 0.1) is 0 Å². The van der Waals surface area contributed by atoms with E-state index in [-0.39, 0.29) is 11.9 Å². The van der Waals surface area contributed by atoms with Gasteiger partial charge in [-0.05, 0) is 51.0 Å². The summed E-state index contributed by atoms with van der Waals surface area (Å²) in [6.45, 7) is 4.33. The number of rotatable bonds is 4. The Labute approximate surface area is 158 Å². The Bertz CT molecular complexity index is 885. The molecule has 0 radical (unpaired) electrons. The summed E-state index contributed by atoms with van der Waals surface area (Å²) in [6, 6.07) is 11.7. The summed E-state index contributed by atoms with van der Waals surface area (Å²) in [5.41, 5.74) is 2.00. The molecule has 2 aromatic heterocycles. The molecule has 4 rings (SSSR count). The Morgan fingerprint density at radius 3 is 2.56 bits per heavy atom. The highest BCUT2D eigenvalue weighted by Gasteiger charge is 2.25. The molecule has 2 N–H and O–H groups in total. The maximum atomic E-state index is 10.4. The lowest BCUT2D eigenvalue weighted by molar-refractivity contribution is 0.117. The van der Waals surface area contributed by atoms with Gasteiger partial charge >= 0.3 is 0 Å². The minimum atomic E-state index is 0.131. The van der Waals surface area contributed by atoms with Gasteiger partial charge in [-0.3, -0.25) is 0 Å². The first-order chi connectivity index (χ1) is 13.1. The standard InChI is InChI=1S/C20H23N5O2/c1-13-10-16(11-14(2)22-13)27-20-7-6-18(23-24-20)17-5-4-15(12-19(17)26)25-9-3-8-21-25/h3-9,12-14,16,22,26H,10-11H2,1-2H3. The molecule has 7 nitrogen and oxygen atoms in total. The predicted octanol–water partition coefficient (Wildman–Crippen LogP) is 2.94. The van der Waals surface area contributed by atoms with E-state index in [0.29, 0.717) is 29.2 Å². The molecule has 1 saturated heterocycles. The van der Waals surface area contributed by atoms with Crippen molar-refractivity contribution in [2.75, 3.05) is 0 Å². The summed E-state index contributed by atoms with van der Waals surface area (Å²) < 4.78 is 7.69. The van der Waals surface area contributed by atoms with Gasteiger partial charge in [0.05, 0.1) is 11.4 Å². The average molecular weight is 365 g/mol. The van der Waals surface area contributed by atoms with Crippen molar-refractivity contribution < 1.29 is 9.84 Å². The van der Waals surface area contributed by atoms with Gasteiger partial charge in [-0.1, -0.05) is 0 Å². The summed E-state index contributed by atoms with van der Waals surface area (Å²) in [4.78, 5) is 0. The average Bonchev–Trinajstić information content (AvgIpc) is 3.16. The quantitative estimate of drug-likeness (QED) is 0.739. The van der Waals surface area contributed by atoms with E-state index >= 15 is 0 Å². The fourth-order valence-electron chi connectivity index (χ4n) is 3.60. The van der Waals surface area contributed by atoms with Crippen molar-refractivity contribution in [3.05, 3.63) is 48.8 Å². The van der Waals surface area contributed by atoms with Crippen LogP contribution in [0.2, 0.25) is 0 Å². The highest BCUT2D eigenvalue weighted by Crippen LogP contribution is 2.30. The van der Waals surface area contributed by atoms with Crippen LogP contribution in [0.5, 0.6) is 11.6 Å². The molecule has 3 heterocycles. The van der Waals surface area contributed by atoms with Crippen LogP contribution in [0.1, 0.15) is 26.7 Å². The molecule has 0 bridgehead atoms. The van der Waals surface area contributed by atoms with Crippen LogP contribution in [0.4, 0.5) is 0 Å². The first-order valence-corrected chi connectivity index (χ1v) is 9.18. The molecule has 27 heavy (non-hydrogen) atoms. The van der Waals surface area contributed by atoms with Crippen molar-refractivity contribution in [1.29, 1.82) is 0 Å². The fraction of sp³-hybridized carbons (Fsp3) is 0.350. The third-order valence-electron chi connectivity index (χ3n) is 4.76. The Morgan fingerprint density at radius 2 is 1.93 bits per heavy atom. The number of aromatic hydroxyl groups is 1. The third-order valence-corrected chi connectivity index (χ3v) is 4.76. The van der Waals surface area contributed by atoms with Gasteiger partial charge in [0.15, 0.2) is 0 Å². The molecule has 2 unspecified atom stereocenters. The van der Waals surface area contributed by atoms with Crippen molar-refractivity contribution >= 4 is 0 Å². The molecule has 1 aliphatic rings. The summed E-state index contributed by atoms with van der Waals surface area (Å²) >= 11 is 0. The highest BCUT2D eigenvalue weighted by molar-refractivity contribution is 5.68. The van der Waals surface area contributed by atoms with Gasteiger partial charge in [0.2, 0.25) is 5.88 Å². The molecule has 3 aromatic rings. The number of piperidine rings is 1. The van der Waals surface area contributed by atoms with Gasteiger partial charge < -0.3 is 15.2 Å². The van der Waals surface area contributed by atoms with Gasteiger partial charge in [-0.15, -0.1) is 10.2 Å². The zero-order valence-corrected chi connectivity index (χ0v) is 15.4. The van der Waals surface area contributed by atoms with Gasteiger partial charge in [0, 0.05) is 42.2 Å². The number of hydrogen-bond acceptors (Lipinski definition) is 6. The lowest BCUT2D eigenvalue weighted by Crippen LogP contribution is -2.46. The summed E-state index contributed by atoms with van der Waals surface area (Å²) in [7, 11) is 0. The maximum Gasteiger partial charge on any atom is 0.233 e. The monoisotopic (exact) mass is 365 g/mol. The topological polar surface area (TPSA) is 85.1 Å². The van der Waals surface area contributed by atoms with Crippen molar-refractivity contribution in [3.63, 3.8) is 0 Å². The molecule has 0 spiro atoms. The second-order valence-corrected chi connectivity index (χ2v) is 7.09. The summed E-state index contributed by atoms with van der Waals surface area (Å²) in [5, 5.41) is 26.5. The SMILES string of the molecule is CC1CC(Oc2ccc(-c3ccc(-n4cccn4)cc3O)nn2)CC(C)N1. The number of nitrogens with one attached hydrogen (secondary N) is 1. The minimum absolute atomic E-state index is 0.131. The van der Waals surface area contributed by atoms with Crippen LogP contribution >= 0.6 is 0 Å². The largest absolute Gasteiger partial charge is 0.507 e. The van der Waals surface area contributed by atoms with Crippen molar-refractivity contribution in [1.82, 2.24) is 25.3 Å². The van der Waals surface area contributed by atoms with Crippen LogP contribution in [0.25, 0.3) is 16.9 Å². The third kappa shape index (κ3) is 3.93. The number of aromatic nitrogens is 4. The van der Waals surface area contributed by atoms with E-state index in [0.717, 1.165) is 18.5 Å². The van der Waals surface area contributed by atoms with E-state index < -0.39 is 0 Å². The zero-order valence-electron chi connectivity index (χ0n) is 15.4. The molecule has 7 heteroatoms. The van der Waals surface area contributed by atoms with Crippen LogP contribution < -0.4 is 10.1 Å².